The summed E-state index contributed by atoms with van der Waals surface area (Å²) in [6, 6.07) is 0. The van der Waals surface area contributed by atoms with Crippen LogP contribution in [0.2, 0.25) is 0 Å². The van der Waals surface area contributed by atoms with Crippen molar-refractivity contribution in [3.63, 3.8) is 0 Å². The highest BCUT2D eigenvalue weighted by molar-refractivity contribution is 7.84. The Morgan fingerprint density at radius 3 is 2.93 bits per heavy atom. The molecule has 6 nitrogen and oxygen atoms in total. The summed E-state index contributed by atoms with van der Waals surface area (Å²) in [4.78, 5) is 1.42. The van der Waals surface area contributed by atoms with Gasteiger partial charge in [-0.05, 0) is 5.21 Å². The predicted molar refractivity (Wildman–Crippen MR) is 54.1 cm³/mol. The lowest BCUT2D eigenvalue weighted by molar-refractivity contribution is 0.622. The van der Waals surface area contributed by atoms with Gasteiger partial charge in [0.2, 0.25) is 0 Å². The van der Waals surface area contributed by atoms with Gasteiger partial charge >= 0.3 is 0 Å². The summed E-state index contributed by atoms with van der Waals surface area (Å²) in [7, 11) is 1.02. The Morgan fingerprint density at radius 2 is 2.36 bits per heavy atom. The Balaban J connectivity index is 2.13. The lowest BCUT2D eigenvalue weighted by Crippen LogP contribution is -2.21. The average molecular weight is 217 g/mol. The van der Waals surface area contributed by atoms with Gasteiger partial charge in [-0.3, -0.25) is 4.21 Å². The number of tetrazole rings is 1. The maximum Gasteiger partial charge on any atom is 0.188 e. The van der Waals surface area contributed by atoms with E-state index in [1.165, 1.54) is 4.80 Å². The third-order valence-electron chi connectivity index (χ3n) is 1.66. The molecular weight excluding hydrogens is 202 g/mol. The Morgan fingerprint density at radius 1 is 1.57 bits per heavy atom. The fourth-order valence-corrected chi connectivity index (χ4v) is 1.59. The van der Waals surface area contributed by atoms with Gasteiger partial charge in [0.15, 0.2) is 5.82 Å². The van der Waals surface area contributed by atoms with Gasteiger partial charge in [-0.25, -0.2) is 0 Å². The van der Waals surface area contributed by atoms with E-state index in [0.29, 0.717) is 23.9 Å². The molecule has 0 fully saturated rings. The molecule has 0 radical (unpaired) electrons. The zero-order valence-corrected chi connectivity index (χ0v) is 9.25. The maximum atomic E-state index is 11.1. The first-order valence-electron chi connectivity index (χ1n) is 4.51. The SMILES string of the molecule is CCS(=O)CCNCc1nnn(C)n1. The van der Waals surface area contributed by atoms with Crippen LogP contribution in [0.1, 0.15) is 12.7 Å². The maximum absolute atomic E-state index is 11.1. The molecule has 1 atom stereocenters. The van der Waals surface area contributed by atoms with Crippen molar-refractivity contribution in [2.24, 2.45) is 7.05 Å². The third-order valence-corrected chi connectivity index (χ3v) is 2.96. The van der Waals surface area contributed by atoms with Crippen molar-refractivity contribution >= 4 is 10.8 Å². The molecule has 0 aromatic carbocycles. The van der Waals surface area contributed by atoms with Gasteiger partial charge in [0.1, 0.15) is 0 Å². The first-order chi connectivity index (χ1) is 6.72. The van der Waals surface area contributed by atoms with Crippen molar-refractivity contribution in [1.29, 1.82) is 0 Å². The van der Waals surface area contributed by atoms with E-state index in [1.54, 1.807) is 7.05 Å². The van der Waals surface area contributed by atoms with E-state index < -0.39 is 10.8 Å². The van der Waals surface area contributed by atoms with Gasteiger partial charge in [0.25, 0.3) is 0 Å². The van der Waals surface area contributed by atoms with Crippen LogP contribution in [0.4, 0.5) is 0 Å². The third kappa shape index (κ3) is 3.93. The van der Waals surface area contributed by atoms with Crippen molar-refractivity contribution in [1.82, 2.24) is 25.5 Å². The van der Waals surface area contributed by atoms with Gasteiger partial charge in [-0.2, -0.15) is 4.80 Å². The van der Waals surface area contributed by atoms with Crippen LogP contribution in [0.15, 0.2) is 0 Å². The van der Waals surface area contributed by atoms with Crippen molar-refractivity contribution in [2.45, 2.75) is 13.5 Å². The molecule has 0 aliphatic carbocycles. The van der Waals surface area contributed by atoms with Crippen molar-refractivity contribution in [2.75, 3.05) is 18.1 Å². The lowest BCUT2D eigenvalue weighted by atomic mass is 10.6. The number of nitrogens with zero attached hydrogens (tertiary/aromatic N) is 4. The molecule has 7 heteroatoms. The van der Waals surface area contributed by atoms with Crippen LogP contribution in [0, 0.1) is 0 Å². The first-order valence-corrected chi connectivity index (χ1v) is 5.99. The molecule has 1 unspecified atom stereocenters. The van der Waals surface area contributed by atoms with Crippen LogP contribution >= 0.6 is 0 Å². The molecule has 1 N–H and O–H groups in total. The van der Waals surface area contributed by atoms with E-state index in [1.807, 2.05) is 6.92 Å². The Hall–Kier alpha value is -0.820. The molecule has 0 aliphatic rings. The van der Waals surface area contributed by atoms with Crippen LogP contribution < -0.4 is 5.32 Å². The molecule has 14 heavy (non-hydrogen) atoms. The molecule has 1 rings (SSSR count). The lowest BCUT2D eigenvalue weighted by Gasteiger charge is -1.99. The molecular formula is C7H15N5OS. The molecule has 0 spiro atoms. The number of aromatic nitrogens is 4. The van der Waals surface area contributed by atoms with Crippen LogP contribution in [0.5, 0.6) is 0 Å². The highest BCUT2D eigenvalue weighted by Crippen LogP contribution is 1.84. The summed E-state index contributed by atoms with van der Waals surface area (Å²) in [6.45, 7) is 3.22. The van der Waals surface area contributed by atoms with E-state index in [-0.39, 0.29) is 0 Å². The Labute approximate surface area is 85.5 Å². The molecule has 0 bridgehead atoms. The number of rotatable bonds is 6. The van der Waals surface area contributed by atoms with Gasteiger partial charge in [-0.15, -0.1) is 10.2 Å². The molecule has 0 amide bonds. The minimum absolute atomic E-state index is 0.578. The number of hydrogen-bond acceptors (Lipinski definition) is 5. The smallest absolute Gasteiger partial charge is 0.188 e. The quantitative estimate of drug-likeness (QED) is 0.623. The van der Waals surface area contributed by atoms with Gasteiger partial charge in [-0.1, -0.05) is 6.92 Å². The summed E-state index contributed by atoms with van der Waals surface area (Å²) >= 11 is 0. The topological polar surface area (TPSA) is 72.7 Å². The zero-order chi connectivity index (χ0) is 10.4. The van der Waals surface area contributed by atoms with E-state index in [9.17, 15) is 4.21 Å². The van der Waals surface area contributed by atoms with Crippen LogP contribution in [0.3, 0.4) is 0 Å². The molecule has 0 saturated carbocycles. The number of nitrogens with one attached hydrogen (secondary N) is 1. The number of aryl methyl sites for hydroxylation is 1. The second-order valence-corrected chi connectivity index (χ2v) is 4.67. The molecule has 80 valence electrons. The molecule has 1 aromatic rings. The van der Waals surface area contributed by atoms with E-state index in [2.05, 4.69) is 20.7 Å². The summed E-state index contributed by atoms with van der Waals surface area (Å²) in [5.41, 5.74) is 0. The average Bonchev–Trinajstić information content (AvgIpc) is 2.58. The van der Waals surface area contributed by atoms with Crippen LogP contribution in [-0.2, 0) is 24.4 Å². The Kier molecular flexibility index (Phi) is 4.68. The zero-order valence-electron chi connectivity index (χ0n) is 8.43. The van der Waals surface area contributed by atoms with Gasteiger partial charge in [0, 0.05) is 28.9 Å². The monoisotopic (exact) mass is 217 g/mol. The normalized spacial score (nSPS) is 13.0. The highest BCUT2D eigenvalue weighted by atomic mass is 32.2. The second kappa shape index (κ2) is 5.82. The minimum Gasteiger partial charge on any atom is -0.309 e. The first kappa shape index (κ1) is 11.3. The van der Waals surface area contributed by atoms with Crippen molar-refractivity contribution in [3.8, 4) is 0 Å². The second-order valence-electron chi connectivity index (χ2n) is 2.80. The summed E-state index contributed by atoms with van der Waals surface area (Å²) in [5, 5.41) is 14.6. The van der Waals surface area contributed by atoms with E-state index in [4.69, 9.17) is 0 Å². The molecule has 0 aliphatic heterocycles. The number of hydrogen-bond donors (Lipinski definition) is 1. The fraction of sp³-hybridized carbons (Fsp3) is 0.857. The van der Waals surface area contributed by atoms with Crippen LogP contribution in [-0.4, -0.2) is 42.5 Å². The highest BCUT2D eigenvalue weighted by Gasteiger charge is 1.99. The summed E-state index contributed by atoms with van der Waals surface area (Å²) < 4.78 is 11.1. The van der Waals surface area contributed by atoms with Gasteiger partial charge < -0.3 is 5.32 Å². The van der Waals surface area contributed by atoms with E-state index >= 15 is 0 Å². The minimum atomic E-state index is -0.704. The van der Waals surface area contributed by atoms with Crippen molar-refractivity contribution < 1.29 is 4.21 Å². The Bertz CT molecular complexity index is 300. The van der Waals surface area contributed by atoms with E-state index in [0.717, 1.165) is 6.54 Å². The predicted octanol–water partition coefficient (Wildman–Crippen LogP) is -0.932. The summed E-state index contributed by atoms with van der Waals surface area (Å²) in [5.74, 6) is 2.05. The van der Waals surface area contributed by atoms with Crippen molar-refractivity contribution in [3.05, 3.63) is 5.82 Å². The van der Waals surface area contributed by atoms with Gasteiger partial charge in [0.05, 0.1) is 13.6 Å². The standard InChI is InChI=1S/C7H15N5OS/c1-3-14(13)5-4-8-6-7-9-11-12(2)10-7/h8H,3-6H2,1-2H3. The van der Waals surface area contributed by atoms with Crippen LogP contribution in [0.25, 0.3) is 0 Å². The molecule has 0 saturated heterocycles. The fourth-order valence-electron chi connectivity index (χ4n) is 0.925. The largest absolute Gasteiger partial charge is 0.309 e. The molecule has 1 heterocycles. The molecule has 1 aromatic heterocycles. The summed E-state index contributed by atoms with van der Waals surface area (Å²) in [6.07, 6.45) is 0.